The topological polar surface area (TPSA) is 61.6 Å². The van der Waals surface area contributed by atoms with E-state index in [2.05, 4.69) is 0 Å². The Bertz CT molecular complexity index is 480. The van der Waals surface area contributed by atoms with Crippen LogP contribution in [-0.4, -0.2) is 18.1 Å². The lowest BCUT2D eigenvalue weighted by Gasteiger charge is -2.13. The highest BCUT2D eigenvalue weighted by Crippen LogP contribution is 2.29. The molecular weight excluding hydrogens is 246 g/mol. The second-order valence-electron chi connectivity index (χ2n) is 4.32. The number of ether oxygens (including phenoxy) is 2. The summed E-state index contributed by atoms with van der Waals surface area (Å²) in [6.07, 6.45) is 1.96. The molecule has 5 nitrogen and oxygen atoms in total. The first-order valence-corrected chi connectivity index (χ1v) is 6.17. The molecule has 19 heavy (non-hydrogen) atoms. The average molecular weight is 265 g/mol. The summed E-state index contributed by atoms with van der Waals surface area (Å²) in [6, 6.07) is 5.27. The summed E-state index contributed by atoms with van der Waals surface area (Å²) >= 11 is 0. The second-order valence-corrected chi connectivity index (χ2v) is 4.32. The van der Waals surface area contributed by atoms with Crippen molar-refractivity contribution in [2.75, 3.05) is 7.11 Å². The number of hydrogen-bond donors (Lipinski definition) is 0. The SMILES string of the molecule is CCC(=Cc1ccc(OC(C)C)c(OC)c1)[N+](=O)[O-]. The Morgan fingerprint density at radius 2 is 2.11 bits per heavy atom. The van der Waals surface area contributed by atoms with Crippen LogP contribution in [0.3, 0.4) is 0 Å². The van der Waals surface area contributed by atoms with Crippen molar-refractivity contribution in [1.82, 2.24) is 0 Å². The van der Waals surface area contributed by atoms with Crippen LogP contribution in [0.2, 0.25) is 0 Å². The summed E-state index contributed by atoms with van der Waals surface area (Å²) in [5, 5.41) is 10.8. The van der Waals surface area contributed by atoms with Gasteiger partial charge in [-0.2, -0.15) is 0 Å². The molecule has 0 N–H and O–H groups in total. The van der Waals surface area contributed by atoms with Gasteiger partial charge in [0.1, 0.15) is 0 Å². The number of hydrogen-bond acceptors (Lipinski definition) is 4. The first kappa shape index (κ1) is 15.0. The maximum absolute atomic E-state index is 10.8. The van der Waals surface area contributed by atoms with Gasteiger partial charge in [0.15, 0.2) is 11.5 Å². The molecule has 0 atom stereocenters. The normalized spacial score (nSPS) is 11.5. The lowest BCUT2D eigenvalue weighted by Crippen LogP contribution is -2.06. The van der Waals surface area contributed by atoms with E-state index in [1.54, 1.807) is 38.3 Å². The molecule has 5 heteroatoms. The second kappa shape index (κ2) is 6.78. The highest BCUT2D eigenvalue weighted by molar-refractivity contribution is 5.57. The van der Waals surface area contributed by atoms with E-state index >= 15 is 0 Å². The molecule has 0 aliphatic rings. The predicted octanol–water partition coefficient (Wildman–Crippen LogP) is 3.51. The minimum absolute atomic E-state index is 0.0419. The van der Waals surface area contributed by atoms with E-state index in [-0.39, 0.29) is 16.7 Å². The predicted molar refractivity (Wildman–Crippen MR) is 74.0 cm³/mol. The standard InChI is InChI=1S/C14H19NO4/c1-5-12(15(16)17)8-11-6-7-13(19-10(2)3)14(9-11)18-4/h6-10H,5H2,1-4H3. The van der Waals surface area contributed by atoms with Gasteiger partial charge in [-0.1, -0.05) is 13.0 Å². The zero-order valence-electron chi connectivity index (χ0n) is 11.7. The van der Waals surface area contributed by atoms with Gasteiger partial charge in [0.05, 0.1) is 18.1 Å². The van der Waals surface area contributed by atoms with Gasteiger partial charge in [0, 0.05) is 12.5 Å². The van der Waals surface area contributed by atoms with Crippen molar-refractivity contribution >= 4 is 6.08 Å². The number of benzene rings is 1. The van der Waals surface area contributed by atoms with Gasteiger partial charge in [0.25, 0.3) is 0 Å². The van der Waals surface area contributed by atoms with Crippen LogP contribution >= 0.6 is 0 Å². The smallest absolute Gasteiger partial charge is 0.246 e. The molecule has 0 amide bonds. The first-order valence-electron chi connectivity index (χ1n) is 6.17. The molecule has 0 bridgehead atoms. The maximum atomic E-state index is 10.8. The first-order chi connectivity index (χ1) is 8.97. The fourth-order valence-corrected chi connectivity index (χ4v) is 1.60. The van der Waals surface area contributed by atoms with Gasteiger partial charge in [-0.3, -0.25) is 10.1 Å². The van der Waals surface area contributed by atoms with Crippen molar-refractivity contribution in [1.29, 1.82) is 0 Å². The number of nitro groups is 1. The summed E-state index contributed by atoms with van der Waals surface area (Å²) in [7, 11) is 1.55. The highest BCUT2D eigenvalue weighted by Gasteiger charge is 2.10. The Morgan fingerprint density at radius 1 is 1.42 bits per heavy atom. The Balaban J connectivity index is 3.09. The average Bonchev–Trinajstić information content (AvgIpc) is 2.36. The Labute approximate surface area is 113 Å². The van der Waals surface area contributed by atoms with Crippen LogP contribution in [0.15, 0.2) is 23.9 Å². The largest absolute Gasteiger partial charge is 0.493 e. The summed E-state index contributed by atoms with van der Waals surface area (Å²) in [4.78, 5) is 10.4. The highest BCUT2D eigenvalue weighted by atomic mass is 16.6. The van der Waals surface area contributed by atoms with Crippen molar-refractivity contribution in [3.05, 3.63) is 39.6 Å². The lowest BCUT2D eigenvalue weighted by atomic mass is 10.1. The minimum Gasteiger partial charge on any atom is -0.493 e. The molecule has 0 saturated carbocycles. The Morgan fingerprint density at radius 3 is 2.58 bits per heavy atom. The number of rotatable bonds is 6. The van der Waals surface area contributed by atoms with E-state index in [1.807, 2.05) is 13.8 Å². The summed E-state index contributed by atoms with van der Waals surface area (Å²) < 4.78 is 10.8. The van der Waals surface area contributed by atoms with E-state index in [0.717, 1.165) is 5.56 Å². The van der Waals surface area contributed by atoms with Crippen LogP contribution < -0.4 is 9.47 Å². The van der Waals surface area contributed by atoms with Crippen LogP contribution in [0.5, 0.6) is 11.5 Å². The summed E-state index contributed by atoms with van der Waals surface area (Å²) in [5.74, 6) is 1.20. The molecule has 1 aromatic carbocycles. The minimum atomic E-state index is -0.370. The van der Waals surface area contributed by atoms with E-state index in [0.29, 0.717) is 17.9 Å². The number of allylic oxidation sites excluding steroid dienone is 1. The van der Waals surface area contributed by atoms with Crippen LogP contribution in [0.4, 0.5) is 0 Å². The molecule has 1 aromatic rings. The molecule has 104 valence electrons. The van der Waals surface area contributed by atoms with Crippen molar-refractivity contribution in [2.45, 2.75) is 33.3 Å². The van der Waals surface area contributed by atoms with Crippen molar-refractivity contribution in [3.8, 4) is 11.5 Å². The van der Waals surface area contributed by atoms with Crippen molar-refractivity contribution in [2.24, 2.45) is 0 Å². The fraction of sp³-hybridized carbons (Fsp3) is 0.429. The van der Waals surface area contributed by atoms with Gasteiger partial charge in [-0.05, 0) is 31.5 Å². The van der Waals surface area contributed by atoms with Gasteiger partial charge < -0.3 is 9.47 Å². The van der Waals surface area contributed by atoms with E-state index in [1.165, 1.54) is 0 Å². The molecule has 0 aliphatic carbocycles. The lowest BCUT2D eigenvalue weighted by molar-refractivity contribution is -0.425. The van der Waals surface area contributed by atoms with Gasteiger partial charge in [-0.25, -0.2) is 0 Å². The molecule has 0 unspecified atom stereocenters. The van der Waals surface area contributed by atoms with Gasteiger partial charge >= 0.3 is 0 Å². The third kappa shape index (κ3) is 4.28. The third-order valence-electron chi connectivity index (χ3n) is 2.48. The van der Waals surface area contributed by atoms with Crippen molar-refractivity contribution in [3.63, 3.8) is 0 Å². The molecule has 0 heterocycles. The quantitative estimate of drug-likeness (QED) is 0.583. The maximum Gasteiger partial charge on any atom is 0.246 e. The van der Waals surface area contributed by atoms with E-state index < -0.39 is 0 Å². The Hall–Kier alpha value is -2.04. The van der Waals surface area contributed by atoms with Gasteiger partial charge in [-0.15, -0.1) is 0 Å². The number of methoxy groups -OCH3 is 1. The zero-order valence-corrected chi connectivity index (χ0v) is 11.7. The number of nitrogens with zero attached hydrogens (tertiary/aromatic N) is 1. The Kier molecular flexibility index (Phi) is 5.36. The molecule has 0 radical (unpaired) electrons. The van der Waals surface area contributed by atoms with Crippen LogP contribution in [0.1, 0.15) is 32.8 Å². The zero-order chi connectivity index (χ0) is 14.4. The van der Waals surface area contributed by atoms with Crippen molar-refractivity contribution < 1.29 is 14.4 Å². The van der Waals surface area contributed by atoms with Crippen LogP contribution in [0.25, 0.3) is 6.08 Å². The molecule has 1 rings (SSSR count). The van der Waals surface area contributed by atoms with E-state index in [4.69, 9.17) is 9.47 Å². The molecule has 0 aromatic heterocycles. The van der Waals surface area contributed by atoms with Crippen LogP contribution in [0, 0.1) is 10.1 Å². The molecule has 0 saturated heterocycles. The molecule has 0 fully saturated rings. The van der Waals surface area contributed by atoms with E-state index in [9.17, 15) is 10.1 Å². The monoisotopic (exact) mass is 265 g/mol. The fourth-order valence-electron chi connectivity index (χ4n) is 1.60. The summed E-state index contributed by atoms with van der Waals surface area (Å²) in [5.41, 5.74) is 0.890. The summed E-state index contributed by atoms with van der Waals surface area (Å²) in [6.45, 7) is 5.60. The van der Waals surface area contributed by atoms with Crippen LogP contribution in [-0.2, 0) is 0 Å². The molecular formula is C14H19NO4. The molecule has 0 aliphatic heterocycles. The third-order valence-corrected chi connectivity index (χ3v) is 2.48. The van der Waals surface area contributed by atoms with Gasteiger partial charge in [0.2, 0.25) is 5.70 Å². The molecule has 0 spiro atoms.